The highest BCUT2D eigenvalue weighted by molar-refractivity contribution is 5.92. The van der Waals surface area contributed by atoms with Crippen molar-refractivity contribution in [3.05, 3.63) is 30.1 Å². The Morgan fingerprint density at radius 1 is 1.17 bits per heavy atom. The van der Waals surface area contributed by atoms with E-state index < -0.39 is 0 Å². The highest BCUT2D eigenvalue weighted by Crippen LogP contribution is 2.50. The molecule has 1 aliphatic heterocycles. The van der Waals surface area contributed by atoms with Gasteiger partial charge in [-0.15, -0.1) is 0 Å². The summed E-state index contributed by atoms with van der Waals surface area (Å²) in [6, 6.07) is 5.33. The van der Waals surface area contributed by atoms with E-state index in [1.807, 2.05) is 11.0 Å². The molecule has 0 unspecified atom stereocenters. The van der Waals surface area contributed by atoms with Gasteiger partial charge in [-0.05, 0) is 31.4 Å². The Labute approximate surface area is 136 Å². The van der Waals surface area contributed by atoms with Crippen LogP contribution in [0.25, 0.3) is 0 Å². The van der Waals surface area contributed by atoms with Crippen molar-refractivity contribution in [2.24, 2.45) is 5.41 Å². The summed E-state index contributed by atoms with van der Waals surface area (Å²) in [5.74, 6) is 0.178. The summed E-state index contributed by atoms with van der Waals surface area (Å²) in [6.45, 7) is 2.98. The Morgan fingerprint density at radius 3 is 2.43 bits per heavy atom. The summed E-state index contributed by atoms with van der Waals surface area (Å²) in [5, 5.41) is 0. The van der Waals surface area contributed by atoms with E-state index in [0.717, 1.165) is 19.3 Å². The number of pyridine rings is 1. The zero-order valence-electron chi connectivity index (χ0n) is 13.5. The number of rotatable bonds is 5. The van der Waals surface area contributed by atoms with Gasteiger partial charge in [0.2, 0.25) is 5.91 Å². The molecule has 1 saturated heterocycles. The molecular weight excluding hydrogens is 294 g/mol. The minimum Gasteiger partial charge on any atom is -0.385 e. The van der Waals surface area contributed by atoms with Crippen molar-refractivity contribution in [2.75, 3.05) is 39.9 Å². The van der Waals surface area contributed by atoms with Crippen LogP contribution in [0.2, 0.25) is 0 Å². The van der Waals surface area contributed by atoms with E-state index in [1.54, 1.807) is 30.3 Å². The van der Waals surface area contributed by atoms with Gasteiger partial charge in [-0.1, -0.05) is 6.07 Å². The van der Waals surface area contributed by atoms with Crippen LogP contribution >= 0.6 is 0 Å². The largest absolute Gasteiger partial charge is 0.385 e. The maximum atomic E-state index is 12.7. The van der Waals surface area contributed by atoms with Crippen molar-refractivity contribution in [2.45, 2.75) is 19.3 Å². The van der Waals surface area contributed by atoms with Gasteiger partial charge in [-0.2, -0.15) is 0 Å². The van der Waals surface area contributed by atoms with Crippen LogP contribution in [0.4, 0.5) is 0 Å². The van der Waals surface area contributed by atoms with Crippen LogP contribution in [-0.4, -0.2) is 66.5 Å². The van der Waals surface area contributed by atoms with Gasteiger partial charge in [-0.25, -0.2) is 0 Å². The van der Waals surface area contributed by atoms with Gasteiger partial charge >= 0.3 is 0 Å². The second kappa shape index (κ2) is 6.66. The fourth-order valence-electron chi connectivity index (χ4n) is 3.12. The minimum absolute atomic E-state index is 0.0572. The van der Waals surface area contributed by atoms with Crippen LogP contribution in [0.15, 0.2) is 24.4 Å². The number of hydrogen-bond acceptors (Lipinski definition) is 4. The van der Waals surface area contributed by atoms with Crippen molar-refractivity contribution < 1.29 is 14.3 Å². The number of methoxy groups -OCH3 is 1. The first-order chi connectivity index (χ1) is 11.2. The molecule has 0 radical (unpaired) electrons. The monoisotopic (exact) mass is 317 g/mol. The molecule has 1 saturated carbocycles. The Balaban J connectivity index is 1.54. The molecule has 2 fully saturated rings. The Kier molecular flexibility index (Phi) is 4.61. The third-order valence-electron chi connectivity index (χ3n) is 4.83. The van der Waals surface area contributed by atoms with Crippen LogP contribution in [-0.2, 0) is 9.53 Å². The number of carbonyl (C=O) groups excluding carboxylic acids is 2. The van der Waals surface area contributed by atoms with Crippen LogP contribution in [0.1, 0.15) is 29.8 Å². The third-order valence-corrected chi connectivity index (χ3v) is 4.83. The van der Waals surface area contributed by atoms with Crippen molar-refractivity contribution in [1.82, 2.24) is 14.8 Å². The summed E-state index contributed by atoms with van der Waals surface area (Å²) in [7, 11) is 1.67. The molecule has 0 bridgehead atoms. The lowest BCUT2D eigenvalue weighted by Gasteiger charge is -2.36. The van der Waals surface area contributed by atoms with Gasteiger partial charge < -0.3 is 14.5 Å². The first-order valence-electron chi connectivity index (χ1n) is 8.15. The van der Waals surface area contributed by atoms with Crippen LogP contribution in [0.3, 0.4) is 0 Å². The number of amides is 2. The predicted molar refractivity (Wildman–Crippen MR) is 84.9 cm³/mol. The van der Waals surface area contributed by atoms with E-state index >= 15 is 0 Å². The highest BCUT2D eigenvalue weighted by Gasteiger charge is 2.51. The summed E-state index contributed by atoms with van der Waals surface area (Å²) < 4.78 is 5.12. The van der Waals surface area contributed by atoms with Gasteiger partial charge in [0.25, 0.3) is 5.91 Å². The lowest BCUT2D eigenvalue weighted by molar-refractivity contribution is -0.139. The average Bonchev–Trinajstić information content (AvgIpc) is 3.41. The molecule has 3 rings (SSSR count). The topological polar surface area (TPSA) is 62.7 Å². The van der Waals surface area contributed by atoms with E-state index in [9.17, 15) is 9.59 Å². The van der Waals surface area contributed by atoms with Gasteiger partial charge in [0.1, 0.15) is 5.69 Å². The molecule has 0 aromatic carbocycles. The minimum atomic E-state index is -0.191. The van der Waals surface area contributed by atoms with Crippen molar-refractivity contribution in [3.63, 3.8) is 0 Å². The fourth-order valence-corrected chi connectivity index (χ4v) is 3.12. The molecule has 2 aliphatic rings. The highest BCUT2D eigenvalue weighted by atomic mass is 16.5. The molecule has 0 N–H and O–H groups in total. The van der Waals surface area contributed by atoms with Crippen molar-refractivity contribution >= 4 is 11.8 Å². The lowest BCUT2D eigenvalue weighted by Crippen LogP contribution is -2.52. The van der Waals surface area contributed by atoms with E-state index in [0.29, 0.717) is 38.5 Å². The molecule has 6 nitrogen and oxygen atoms in total. The van der Waals surface area contributed by atoms with Gasteiger partial charge in [0, 0.05) is 46.1 Å². The fraction of sp³-hybridized carbons (Fsp3) is 0.588. The Morgan fingerprint density at radius 2 is 1.87 bits per heavy atom. The third kappa shape index (κ3) is 3.37. The molecule has 2 heterocycles. The summed E-state index contributed by atoms with van der Waals surface area (Å²) in [5.41, 5.74) is 0.273. The zero-order chi connectivity index (χ0) is 16.3. The van der Waals surface area contributed by atoms with E-state index in [4.69, 9.17) is 4.74 Å². The first-order valence-corrected chi connectivity index (χ1v) is 8.15. The number of piperazine rings is 1. The Bertz CT molecular complexity index is 564. The molecule has 1 aliphatic carbocycles. The molecule has 1 aromatic rings. The van der Waals surface area contributed by atoms with Gasteiger partial charge in [0.05, 0.1) is 5.41 Å². The quantitative estimate of drug-likeness (QED) is 0.818. The normalized spacial score (nSPS) is 19.5. The maximum absolute atomic E-state index is 12.7. The molecule has 0 spiro atoms. The van der Waals surface area contributed by atoms with Crippen LogP contribution in [0, 0.1) is 5.41 Å². The molecule has 124 valence electrons. The van der Waals surface area contributed by atoms with E-state index in [2.05, 4.69) is 4.98 Å². The van der Waals surface area contributed by atoms with Gasteiger partial charge in [-0.3, -0.25) is 14.6 Å². The summed E-state index contributed by atoms with van der Waals surface area (Å²) in [4.78, 5) is 32.9. The van der Waals surface area contributed by atoms with Crippen molar-refractivity contribution in [3.8, 4) is 0 Å². The zero-order valence-corrected chi connectivity index (χ0v) is 13.5. The standard InChI is InChI=1S/C17H23N3O3/c1-23-13-7-17(5-6-17)16(22)20-11-9-19(10-12-20)15(21)14-4-2-3-8-18-14/h2-4,8H,5-7,9-13H2,1H3. The molecule has 23 heavy (non-hydrogen) atoms. The molecule has 2 amide bonds. The SMILES string of the molecule is COCCC1(C(=O)N2CCN(C(=O)c3ccccn3)CC2)CC1. The van der Waals surface area contributed by atoms with E-state index in [1.165, 1.54) is 0 Å². The maximum Gasteiger partial charge on any atom is 0.272 e. The Hall–Kier alpha value is -1.95. The number of ether oxygens (including phenoxy) is 1. The van der Waals surface area contributed by atoms with Crippen LogP contribution < -0.4 is 0 Å². The summed E-state index contributed by atoms with van der Waals surface area (Å²) in [6.07, 6.45) is 4.35. The second-order valence-electron chi connectivity index (χ2n) is 6.32. The second-order valence-corrected chi connectivity index (χ2v) is 6.32. The first kappa shape index (κ1) is 15.9. The lowest BCUT2D eigenvalue weighted by atomic mass is 10.0. The van der Waals surface area contributed by atoms with E-state index in [-0.39, 0.29) is 17.2 Å². The number of nitrogens with zero attached hydrogens (tertiary/aromatic N) is 3. The number of hydrogen-bond donors (Lipinski definition) is 0. The van der Waals surface area contributed by atoms with Gasteiger partial charge in [0.15, 0.2) is 0 Å². The molecule has 0 atom stereocenters. The van der Waals surface area contributed by atoms with Crippen LogP contribution in [0.5, 0.6) is 0 Å². The summed E-state index contributed by atoms with van der Waals surface area (Å²) >= 11 is 0. The predicted octanol–water partition coefficient (Wildman–Crippen LogP) is 1.18. The average molecular weight is 317 g/mol. The number of carbonyl (C=O) groups is 2. The van der Waals surface area contributed by atoms with Crippen molar-refractivity contribution in [1.29, 1.82) is 0 Å². The molecule has 6 heteroatoms. The number of aromatic nitrogens is 1. The molecular formula is C17H23N3O3. The smallest absolute Gasteiger partial charge is 0.272 e. The molecule has 1 aromatic heterocycles.